The van der Waals surface area contributed by atoms with E-state index < -0.39 is 61.1 Å². The molecule has 1 unspecified atom stereocenters. The largest absolute Gasteiger partial charge is 0.477 e. The van der Waals surface area contributed by atoms with E-state index in [1.54, 1.807) is 0 Å². The molecule has 1 rings (SSSR count). The maximum atomic E-state index is 11.4. The maximum Gasteiger partial charge on any atom is 0.364 e. The lowest BCUT2D eigenvalue weighted by molar-refractivity contribution is -0.295. The van der Waals surface area contributed by atoms with Gasteiger partial charge in [0, 0.05) is 6.42 Å². The van der Waals surface area contributed by atoms with Gasteiger partial charge >= 0.3 is 5.97 Å². The number of amides is 1. The van der Waals surface area contributed by atoms with Crippen molar-refractivity contribution in [3.8, 4) is 0 Å². The van der Waals surface area contributed by atoms with E-state index in [2.05, 4.69) is 21.2 Å². The first-order valence-electron chi connectivity index (χ1n) is 6.30. The number of ether oxygens (including phenoxy) is 1. The minimum absolute atomic E-state index is 0.134. The molecule has 0 saturated carbocycles. The summed E-state index contributed by atoms with van der Waals surface area (Å²) in [4.78, 5) is 22.5. The molecule has 7 N–H and O–H groups in total. The molecule has 128 valence electrons. The predicted octanol–water partition coefficient (Wildman–Crippen LogP) is -3.50. The highest BCUT2D eigenvalue weighted by Crippen LogP contribution is 2.30. The summed E-state index contributed by atoms with van der Waals surface area (Å²) in [6, 6.07) is -1.29. The first-order valence-corrected chi connectivity index (χ1v) is 7.42. The average Bonchev–Trinajstić information content (AvgIpc) is 2.47. The van der Waals surface area contributed by atoms with Crippen molar-refractivity contribution in [1.82, 2.24) is 5.32 Å². The molecular formula is C11H18BrNO9. The lowest BCUT2D eigenvalue weighted by Crippen LogP contribution is -2.67. The van der Waals surface area contributed by atoms with Crippen LogP contribution in [0.4, 0.5) is 0 Å². The van der Waals surface area contributed by atoms with Gasteiger partial charge in [-0.05, 0) is 0 Å². The van der Waals surface area contributed by atoms with E-state index in [0.717, 1.165) is 0 Å². The zero-order chi connectivity index (χ0) is 17.1. The number of carboxylic acid groups (broad SMARTS) is 1. The highest BCUT2D eigenvalue weighted by atomic mass is 79.9. The molecule has 10 nitrogen and oxygen atoms in total. The van der Waals surface area contributed by atoms with Crippen LogP contribution < -0.4 is 5.32 Å². The normalized spacial score (nSPS) is 34.7. The summed E-state index contributed by atoms with van der Waals surface area (Å²) in [5, 5.41) is 59.2. The average molecular weight is 388 g/mol. The van der Waals surface area contributed by atoms with Crippen LogP contribution in [0.5, 0.6) is 0 Å². The lowest BCUT2D eigenvalue weighted by Gasteiger charge is -2.44. The molecular weight excluding hydrogens is 370 g/mol. The Morgan fingerprint density at radius 3 is 2.45 bits per heavy atom. The Bertz CT molecular complexity index is 422. The Balaban J connectivity index is 3.07. The molecule has 0 aliphatic carbocycles. The second kappa shape index (κ2) is 7.64. The third-order valence-corrected chi connectivity index (χ3v) is 3.80. The highest BCUT2D eigenvalue weighted by Gasteiger charge is 2.53. The molecule has 1 fully saturated rings. The molecule has 0 aromatic carbocycles. The number of aliphatic hydroxyl groups excluding tert-OH is 4. The number of aliphatic hydroxyl groups is 5. The molecule has 0 aromatic rings. The minimum atomic E-state index is -2.80. The number of aliphatic carboxylic acids is 1. The van der Waals surface area contributed by atoms with Gasteiger partial charge in [-0.25, -0.2) is 4.79 Å². The number of carboxylic acids is 1. The van der Waals surface area contributed by atoms with Gasteiger partial charge in [0.05, 0.1) is 24.1 Å². The molecule has 1 heterocycles. The van der Waals surface area contributed by atoms with Crippen LogP contribution >= 0.6 is 15.9 Å². The van der Waals surface area contributed by atoms with E-state index in [9.17, 15) is 30.0 Å². The summed E-state index contributed by atoms with van der Waals surface area (Å²) < 4.78 is 4.89. The number of halogens is 1. The molecule has 0 bridgehead atoms. The number of carbonyl (C=O) groups excluding carboxylic acids is 1. The highest BCUT2D eigenvalue weighted by molar-refractivity contribution is 9.09. The summed E-state index contributed by atoms with van der Waals surface area (Å²) in [7, 11) is 0. The van der Waals surface area contributed by atoms with Crippen LogP contribution in [-0.4, -0.2) is 90.7 Å². The molecule has 22 heavy (non-hydrogen) atoms. The summed E-state index contributed by atoms with van der Waals surface area (Å²) in [6.07, 6.45) is -7.56. The zero-order valence-corrected chi connectivity index (χ0v) is 12.9. The fourth-order valence-electron chi connectivity index (χ4n) is 2.13. The molecule has 0 aromatic heterocycles. The smallest absolute Gasteiger partial charge is 0.364 e. The van der Waals surface area contributed by atoms with E-state index in [4.69, 9.17) is 14.9 Å². The second-order valence-corrected chi connectivity index (χ2v) is 5.47. The van der Waals surface area contributed by atoms with Crippen molar-refractivity contribution in [2.75, 3.05) is 11.9 Å². The molecule has 0 spiro atoms. The Kier molecular flexibility index (Phi) is 6.67. The van der Waals surface area contributed by atoms with Crippen LogP contribution in [0.25, 0.3) is 0 Å². The van der Waals surface area contributed by atoms with Gasteiger partial charge < -0.3 is 40.7 Å². The standard InChI is InChI=1S/C11H18BrNO9/c12-2-6(17)13-7-4(15)1-11(21,10(19)20)22-9(7)8(18)5(16)3-14/h4-5,7-9,14-16,18,21H,1-3H2,(H,13,17)(H,19,20)/t4-,5+,7+,8+,9+,11?/m0/s1. The number of rotatable bonds is 6. The Labute approximate surface area is 133 Å². The number of hydrogen-bond acceptors (Lipinski definition) is 8. The Hall–Kier alpha value is -0.820. The fourth-order valence-corrected chi connectivity index (χ4v) is 2.29. The van der Waals surface area contributed by atoms with Gasteiger partial charge in [0.15, 0.2) is 0 Å². The predicted molar refractivity (Wildman–Crippen MR) is 72.9 cm³/mol. The van der Waals surface area contributed by atoms with Crippen LogP contribution in [0.15, 0.2) is 0 Å². The van der Waals surface area contributed by atoms with Gasteiger partial charge in [0.25, 0.3) is 5.79 Å². The Morgan fingerprint density at radius 1 is 1.41 bits per heavy atom. The first kappa shape index (κ1) is 19.2. The van der Waals surface area contributed by atoms with E-state index in [1.807, 2.05) is 0 Å². The number of hydrogen-bond donors (Lipinski definition) is 7. The number of alkyl halides is 1. The summed E-state index contributed by atoms with van der Waals surface area (Å²) in [5.74, 6) is -5.19. The number of nitrogens with one attached hydrogen (secondary N) is 1. The van der Waals surface area contributed by atoms with Gasteiger partial charge in [-0.3, -0.25) is 4.79 Å². The van der Waals surface area contributed by atoms with Gasteiger partial charge in [-0.15, -0.1) is 0 Å². The monoisotopic (exact) mass is 387 g/mol. The first-order chi connectivity index (χ1) is 10.2. The molecule has 0 radical (unpaired) electrons. The van der Waals surface area contributed by atoms with Gasteiger partial charge in [0.1, 0.15) is 18.3 Å². The van der Waals surface area contributed by atoms with Crippen molar-refractivity contribution in [1.29, 1.82) is 0 Å². The molecule has 1 aliphatic rings. The van der Waals surface area contributed by atoms with Crippen molar-refractivity contribution in [2.24, 2.45) is 0 Å². The topological polar surface area (TPSA) is 177 Å². The van der Waals surface area contributed by atoms with E-state index in [1.165, 1.54) is 0 Å². The summed E-state index contributed by atoms with van der Waals surface area (Å²) in [5.41, 5.74) is 0. The van der Waals surface area contributed by atoms with Crippen LogP contribution in [0, 0.1) is 0 Å². The van der Waals surface area contributed by atoms with E-state index in [-0.39, 0.29) is 5.33 Å². The van der Waals surface area contributed by atoms with Gasteiger partial charge in [0.2, 0.25) is 5.91 Å². The number of carbonyl (C=O) groups is 2. The quantitative estimate of drug-likeness (QED) is 0.228. The zero-order valence-electron chi connectivity index (χ0n) is 11.3. The van der Waals surface area contributed by atoms with Gasteiger partial charge in [-0.1, -0.05) is 15.9 Å². The summed E-state index contributed by atoms with van der Waals surface area (Å²) in [6.45, 7) is -0.873. The Morgan fingerprint density at radius 2 is 2.00 bits per heavy atom. The molecule has 1 saturated heterocycles. The van der Waals surface area contributed by atoms with Crippen LogP contribution in [-0.2, 0) is 14.3 Å². The molecule has 11 heteroatoms. The van der Waals surface area contributed by atoms with Crippen LogP contribution in [0.1, 0.15) is 6.42 Å². The van der Waals surface area contributed by atoms with Crippen molar-refractivity contribution in [3.05, 3.63) is 0 Å². The lowest BCUT2D eigenvalue weighted by atomic mass is 9.88. The molecule has 6 atom stereocenters. The van der Waals surface area contributed by atoms with E-state index in [0.29, 0.717) is 0 Å². The minimum Gasteiger partial charge on any atom is -0.477 e. The van der Waals surface area contributed by atoms with Crippen LogP contribution in [0.3, 0.4) is 0 Å². The third kappa shape index (κ3) is 4.13. The van der Waals surface area contributed by atoms with Gasteiger partial charge in [-0.2, -0.15) is 0 Å². The van der Waals surface area contributed by atoms with Crippen molar-refractivity contribution in [3.63, 3.8) is 0 Å². The SMILES string of the molecule is O=C(CBr)N[C@H]1[C@H]([C@H](O)[C@H](O)CO)OC(O)(C(=O)O)C[C@@H]1O. The van der Waals surface area contributed by atoms with Crippen LogP contribution in [0.2, 0.25) is 0 Å². The second-order valence-electron chi connectivity index (χ2n) is 4.91. The summed E-state index contributed by atoms with van der Waals surface area (Å²) >= 11 is 2.88. The third-order valence-electron chi connectivity index (χ3n) is 3.29. The van der Waals surface area contributed by atoms with Crippen molar-refractivity contribution in [2.45, 2.75) is 42.7 Å². The van der Waals surface area contributed by atoms with Crippen molar-refractivity contribution >= 4 is 27.8 Å². The van der Waals surface area contributed by atoms with Crippen molar-refractivity contribution < 1.29 is 45.0 Å². The molecule has 1 amide bonds. The maximum absolute atomic E-state index is 11.4. The van der Waals surface area contributed by atoms with E-state index >= 15 is 0 Å². The fraction of sp³-hybridized carbons (Fsp3) is 0.818. The molecule has 1 aliphatic heterocycles.